The van der Waals surface area contributed by atoms with E-state index in [0.717, 1.165) is 41.3 Å². The van der Waals surface area contributed by atoms with Crippen LogP contribution in [0, 0.1) is 6.92 Å². The van der Waals surface area contributed by atoms with Gasteiger partial charge in [0.15, 0.2) is 5.65 Å². The minimum atomic E-state index is 0.0654. The standard InChI is InChI=1S/C22H24N8O/c1-16-25-20-19(14-24-27(20)2)21(26-16)28-10-12-29(13-11-28)22(31)18-6-4-17(5-7-18)15-30-9-3-8-23-30/h3-9,14H,10-13,15H2,1-2H3. The zero-order valence-corrected chi connectivity index (χ0v) is 17.6. The fourth-order valence-electron chi connectivity index (χ4n) is 3.99. The molecular weight excluding hydrogens is 392 g/mol. The molecule has 0 unspecified atom stereocenters. The van der Waals surface area contributed by atoms with Crippen LogP contribution >= 0.6 is 0 Å². The first kappa shape index (κ1) is 19.2. The molecule has 31 heavy (non-hydrogen) atoms. The van der Waals surface area contributed by atoms with Crippen molar-refractivity contribution in [2.24, 2.45) is 7.05 Å². The van der Waals surface area contributed by atoms with Crippen molar-refractivity contribution in [3.63, 3.8) is 0 Å². The van der Waals surface area contributed by atoms with Gasteiger partial charge in [-0.05, 0) is 30.7 Å². The second-order valence-corrected chi connectivity index (χ2v) is 7.78. The zero-order chi connectivity index (χ0) is 21.4. The number of carbonyl (C=O) groups is 1. The molecule has 0 bridgehead atoms. The molecule has 0 spiro atoms. The van der Waals surface area contributed by atoms with Gasteiger partial charge in [0.05, 0.1) is 18.1 Å². The molecule has 3 aromatic heterocycles. The highest BCUT2D eigenvalue weighted by Gasteiger charge is 2.25. The first-order valence-corrected chi connectivity index (χ1v) is 10.4. The minimum Gasteiger partial charge on any atom is -0.352 e. The Hall–Kier alpha value is -3.75. The summed E-state index contributed by atoms with van der Waals surface area (Å²) in [4.78, 5) is 26.3. The number of fused-ring (bicyclic) bond motifs is 1. The van der Waals surface area contributed by atoms with Crippen molar-refractivity contribution in [3.05, 3.63) is 65.9 Å². The SMILES string of the molecule is Cc1nc(N2CCN(C(=O)c3ccc(Cn4cccn4)cc3)CC2)c2cnn(C)c2n1. The summed E-state index contributed by atoms with van der Waals surface area (Å²) < 4.78 is 3.63. The molecule has 0 aliphatic carbocycles. The number of piperazine rings is 1. The number of benzene rings is 1. The Labute approximate surface area is 179 Å². The monoisotopic (exact) mass is 416 g/mol. The maximum atomic E-state index is 13.0. The Morgan fingerprint density at radius 1 is 1.03 bits per heavy atom. The quantitative estimate of drug-likeness (QED) is 0.505. The predicted molar refractivity (Wildman–Crippen MR) is 117 cm³/mol. The summed E-state index contributed by atoms with van der Waals surface area (Å²) in [5.41, 5.74) is 2.66. The molecule has 1 aliphatic heterocycles. The van der Waals surface area contributed by atoms with E-state index < -0.39 is 0 Å². The molecule has 9 nitrogen and oxygen atoms in total. The van der Waals surface area contributed by atoms with Crippen LogP contribution in [0.25, 0.3) is 11.0 Å². The topological polar surface area (TPSA) is 85.0 Å². The van der Waals surface area contributed by atoms with Crippen LogP contribution in [-0.2, 0) is 13.6 Å². The molecule has 1 aromatic carbocycles. The average molecular weight is 416 g/mol. The molecule has 5 rings (SSSR count). The molecular formula is C22H24N8O. The van der Waals surface area contributed by atoms with Gasteiger partial charge in [0.25, 0.3) is 5.91 Å². The van der Waals surface area contributed by atoms with E-state index in [4.69, 9.17) is 0 Å². The lowest BCUT2D eigenvalue weighted by Crippen LogP contribution is -2.49. The predicted octanol–water partition coefficient (Wildman–Crippen LogP) is 1.88. The maximum absolute atomic E-state index is 13.0. The van der Waals surface area contributed by atoms with E-state index in [0.29, 0.717) is 25.2 Å². The number of nitrogens with zero attached hydrogens (tertiary/aromatic N) is 8. The van der Waals surface area contributed by atoms with Crippen LogP contribution in [0.3, 0.4) is 0 Å². The molecule has 0 atom stereocenters. The molecule has 1 amide bonds. The third-order valence-corrected chi connectivity index (χ3v) is 5.65. The lowest BCUT2D eigenvalue weighted by Gasteiger charge is -2.35. The van der Waals surface area contributed by atoms with Gasteiger partial charge in [-0.15, -0.1) is 0 Å². The average Bonchev–Trinajstić information content (AvgIpc) is 3.43. The number of aromatic nitrogens is 6. The summed E-state index contributed by atoms with van der Waals surface area (Å²) in [5.74, 6) is 1.68. The van der Waals surface area contributed by atoms with Gasteiger partial charge in [-0.2, -0.15) is 10.2 Å². The van der Waals surface area contributed by atoms with Gasteiger partial charge in [-0.25, -0.2) is 9.97 Å². The minimum absolute atomic E-state index is 0.0654. The highest BCUT2D eigenvalue weighted by Crippen LogP contribution is 2.24. The van der Waals surface area contributed by atoms with Gasteiger partial charge in [-0.3, -0.25) is 14.2 Å². The van der Waals surface area contributed by atoms with Crippen LogP contribution in [0.15, 0.2) is 48.9 Å². The molecule has 4 heterocycles. The van der Waals surface area contributed by atoms with Crippen LogP contribution in [-0.4, -0.2) is 66.5 Å². The number of amides is 1. The lowest BCUT2D eigenvalue weighted by molar-refractivity contribution is 0.0746. The van der Waals surface area contributed by atoms with E-state index in [1.807, 2.05) is 66.3 Å². The second-order valence-electron chi connectivity index (χ2n) is 7.78. The zero-order valence-electron chi connectivity index (χ0n) is 17.6. The van der Waals surface area contributed by atoms with Crippen molar-refractivity contribution < 1.29 is 4.79 Å². The van der Waals surface area contributed by atoms with Crippen LogP contribution in [0.2, 0.25) is 0 Å². The van der Waals surface area contributed by atoms with Gasteiger partial charge in [-0.1, -0.05) is 12.1 Å². The van der Waals surface area contributed by atoms with Gasteiger partial charge in [0.1, 0.15) is 11.6 Å². The summed E-state index contributed by atoms with van der Waals surface area (Å²) in [5, 5.41) is 9.49. The van der Waals surface area contributed by atoms with E-state index in [1.54, 1.807) is 10.9 Å². The van der Waals surface area contributed by atoms with E-state index in [1.165, 1.54) is 0 Å². The number of aryl methyl sites for hydroxylation is 2. The van der Waals surface area contributed by atoms with Crippen molar-refractivity contribution in [1.29, 1.82) is 0 Å². The van der Waals surface area contributed by atoms with Gasteiger partial charge in [0, 0.05) is 51.2 Å². The van der Waals surface area contributed by atoms with E-state index >= 15 is 0 Å². The Balaban J connectivity index is 1.26. The molecule has 9 heteroatoms. The fourth-order valence-corrected chi connectivity index (χ4v) is 3.99. The summed E-state index contributed by atoms with van der Waals surface area (Å²) in [6.45, 7) is 5.34. The highest BCUT2D eigenvalue weighted by molar-refractivity contribution is 5.94. The van der Waals surface area contributed by atoms with E-state index in [-0.39, 0.29) is 5.91 Å². The normalized spacial score (nSPS) is 14.4. The first-order chi connectivity index (χ1) is 15.1. The van der Waals surface area contributed by atoms with Crippen molar-refractivity contribution in [2.75, 3.05) is 31.1 Å². The summed E-state index contributed by atoms with van der Waals surface area (Å²) in [6.07, 6.45) is 5.50. The van der Waals surface area contributed by atoms with Crippen LogP contribution in [0.5, 0.6) is 0 Å². The van der Waals surface area contributed by atoms with Gasteiger partial charge >= 0.3 is 0 Å². The molecule has 0 saturated carbocycles. The second kappa shape index (κ2) is 7.82. The largest absolute Gasteiger partial charge is 0.352 e. The molecule has 0 radical (unpaired) electrons. The number of rotatable bonds is 4. The molecule has 4 aromatic rings. The van der Waals surface area contributed by atoms with Crippen molar-refractivity contribution >= 4 is 22.8 Å². The Morgan fingerprint density at radius 2 is 1.81 bits per heavy atom. The molecule has 158 valence electrons. The molecule has 1 saturated heterocycles. The summed E-state index contributed by atoms with van der Waals surface area (Å²) in [7, 11) is 1.88. The maximum Gasteiger partial charge on any atom is 0.253 e. The Morgan fingerprint density at radius 3 is 2.52 bits per heavy atom. The summed E-state index contributed by atoms with van der Waals surface area (Å²) >= 11 is 0. The number of anilines is 1. The van der Waals surface area contributed by atoms with E-state index in [9.17, 15) is 4.79 Å². The van der Waals surface area contributed by atoms with Gasteiger partial charge in [0.2, 0.25) is 0 Å². The molecule has 0 N–H and O–H groups in total. The first-order valence-electron chi connectivity index (χ1n) is 10.4. The summed E-state index contributed by atoms with van der Waals surface area (Å²) in [6, 6.07) is 9.70. The highest BCUT2D eigenvalue weighted by atomic mass is 16.2. The number of carbonyl (C=O) groups excluding carboxylic acids is 1. The van der Waals surface area contributed by atoms with Crippen LogP contribution in [0.1, 0.15) is 21.7 Å². The van der Waals surface area contributed by atoms with Crippen molar-refractivity contribution in [3.8, 4) is 0 Å². The third-order valence-electron chi connectivity index (χ3n) is 5.65. The lowest BCUT2D eigenvalue weighted by atomic mass is 10.1. The fraction of sp³-hybridized carbons (Fsp3) is 0.318. The van der Waals surface area contributed by atoms with Crippen molar-refractivity contribution in [2.45, 2.75) is 13.5 Å². The van der Waals surface area contributed by atoms with Crippen LogP contribution < -0.4 is 4.90 Å². The number of hydrogen-bond acceptors (Lipinski definition) is 6. The van der Waals surface area contributed by atoms with E-state index in [2.05, 4.69) is 25.1 Å². The van der Waals surface area contributed by atoms with Crippen molar-refractivity contribution in [1.82, 2.24) is 34.4 Å². The Kier molecular flexibility index (Phi) is 4.85. The molecule has 1 fully saturated rings. The Bertz CT molecular complexity index is 1200. The smallest absolute Gasteiger partial charge is 0.253 e. The van der Waals surface area contributed by atoms with Crippen LogP contribution in [0.4, 0.5) is 5.82 Å². The number of hydrogen-bond donors (Lipinski definition) is 0. The van der Waals surface area contributed by atoms with Gasteiger partial charge < -0.3 is 9.80 Å². The molecule has 1 aliphatic rings. The third kappa shape index (κ3) is 3.74.